The molecule has 1 aromatic rings. The molecule has 0 aliphatic carbocycles. The van der Waals surface area contributed by atoms with Gasteiger partial charge in [0.25, 0.3) is 5.91 Å². The van der Waals surface area contributed by atoms with Crippen molar-refractivity contribution in [3.8, 4) is 0 Å². The third kappa shape index (κ3) is 5.35. The van der Waals surface area contributed by atoms with Crippen molar-refractivity contribution in [2.45, 2.75) is 25.7 Å². The first kappa shape index (κ1) is 21.3. The van der Waals surface area contributed by atoms with E-state index in [9.17, 15) is 14.4 Å². The molecular formula is C22H31N3O4. The second-order valence-electron chi connectivity index (χ2n) is 8.02. The molecule has 29 heavy (non-hydrogen) atoms. The monoisotopic (exact) mass is 401 g/mol. The molecule has 1 atom stereocenters. The highest BCUT2D eigenvalue weighted by Gasteiger charge is 2.28. The largest absolute Gasteiger partial charge is 0.465 e. The van der Waals surface area contributed by atoms with E-state index in [4.69, 9.17) is 4.74 Å². The number of hydrogen-bond acceptors (Lipinski definition) is 5. The zero-order valence-corrected chi connectivity index (χ0v) is 17.4. The van der Waals surface area contributed by atoms with Gasteiger partial charge in [-0.05, 0) is 44.4 Å². The molecule has 1 aromatic carbocycles. The van der Waals surface area contributed by atoms with E-state index in [0.717, 1.165) is 45.4 Å². The van der Waals surface area contributed by atoms with Gasteiger partial charge in [0.05, 0.1) is 18.2 Å². The van der Waals surface area contributed by atoms with E-state index in [1.165, 1.54) is 7.11 Å². The second kappa shape index (κ2) is 9.87. The van der Waals surface area contributed by atoms with Gasteiger partial charge < -0.3 is 19.4 Å². The number of rotatable bonds is 5. The lowest BCUT2D eigenvalue weighted by atomic mass is 9.92. The molecule has 0 N–H and O–H groups in total. The lowest BCUT2D eigenvalue weighted by Crippen LogP contribution is -2.47. The van der Waals surface area contributed by atoms with Crippen LogP contribution < -0.4 is 0 Å². The third-order valence-electron chi connectivity index (χ3n) is 5.99. The number of likely N-dealkylation sites (tertiary alicyclic amines) is 1. The van der Waals surface area contributed by atoms with Crippen LogP contribution in [0, 0.1) is 5.92 Å². The molecule has 0 aromatic heterocycles. The number of carbonyl (C=O) groups excluding carboxylic acids is 3. The molecule has 0 saturated carbocycles. The molecule has 0 bridgehead atoms. The van der Waals surface area contributed by atoms with Crippen LogP contribution in [0.3, 0.4) is 0 Å². The summed E-state index contributed by atoms with van der Waals surface area (Å²) in [6.45, 7) is 4.76. The predicted octanol–water partition coefficient (Wildman–Crippen LogP) is 1.88. The predicted molar refractivity (Wildman–Crippen MR) is 110 cm³/mol. The number of piperidine rings is 1. The average molecular weight is 402 g/mol. The van der Waals surface area contributed by atoms with Crippen LogP contribution in [0.15, 0.2) is 24.3 Å². The summed E-state index contributed by atoms with van der Waals surface area (Å²) < 4.78 is 4.81. The number of esters is 1. The fraction of sp³-hybridized carbons (Fsp3) is 0.591. The first-order chi connectivity index (χ1) is 14.0. The van der Waals surface area contributed by atoms with Crippen LogP contribution in [0.2, 0.25) is 0 Å². The van der Waals surface area contributed by atoms with Crippen LogP contribution in [0.5, 0.6) is 0 Å². The van der Waals surface area contributed by atoms with Crippen LogP contribution in [0.1, 0.15) is 46.4 Å². The summed E-state index contributed by atoms with van der Waals surface area (Å²) in [4.78, 5) is 43.6. The van der Waals surface area contributed by atoms with Crippen LogP contribution in [0.4, 0.5) is 0 Å². The quantitative estimate of drug-likeness (QED) is 0.705. The Labute approximate surface area is 172 Å². The smallest absolute Gasteiger partial charge is 0.338 e. The lowest BCUT2D eigenvalue weighted by Gasteiger charge is -2.35. The van der Waals surface area contributed by atoms with E-state index >= 15 is 0 Å². The zero-order valence-electron chi connectivity index (χ0n) is 17.4. The highest BCUT2D eigenvalue weighted by molar-refractivity contribution is 6.05. The molecule has 2 amide bonds. The minimum Gasteiger partial charge on any atom is -0.465 e. The minimum absolute atomic E-state index is 0.138. The van der Waals surface area contributed by atoms with E-state index in [1.807, 2.05) is 9.80 Å². The van der Waals surface area contributed by atoms with Crippen molar-refractivity contribution >= 4 is 17.8 Å². The number of likely N-dealkylation sites (N-methyl/N-ethyl adjacent to an activating group) is 1. The molecule has 7 heteroatoms. The number of amides is 2. The van der Waals surface area contributed by atoms with Gasteiger partial charge in [-0.25, -0.2) is 4.79 Å². The maximum atomic E-state index is 13.0. The lowest BCUT2D eigenvalue weighted by molar-refractivity contribution is -0.133. The third-order valence-corrected chi connectivity index (χ3v) is 5.99. The fourth-order valence-corrected chi connectivity index (χ4v) is 4.15. The van der Waals surface area contributed by atoms with Crippen molar-refractivity contribution in [2.24, 2.45) is 5.92 Å². The number of ether oxygens (including phenoxy) is 1. The summed E-state index contributed by atoms with van der Waals surface area (Å²) in [5.41, 5.74) is 0.681. The molecule has 2 fully saturated rings. The highest BCUT2D eigenvalue weighted by atomic mass is 16.5. The van der Waals surface area contributed by atoms with Gasteiger partial charge in [-0.1, -0.05) is 12.1 Å². The van der Waals surface area contributed by atoms with E-state index in [2.05, 4.69) is 11.9 Å². The van der Waals surface area contributed by atoms with Gasteiger partial charge in [0.15, 0.2) is 0 Å². The molecule has 3 rings (SSSR count). The van der Waals surface area contributed by atoms with Crippen LogP contribution in [0.25, 0.3) is 0 Å². The van der Waals surface area contributed by atoms with Crippen LogP contribution >= 0.6 is 0 Å². The maximum Gasteiger partial charge on any atom is 0.338 e. The van der Waals surface area contributed by atoms with Crippen LogP contribution in [-0.4, -0.2) is 85.9 Å². The molecule has 2 heterocycles. The summed E-state index contributed by atoms with van der Waals surface area (Å²) in [5.74, 6) is -0.103. The maximum absolute atomic E-state index is 13.0. The summed E-state index contributed by atoms with van der Waals surface area (Å²) in [6.07, 6.45) is 3.28. The van der Waals surface area contributed by atoms with Gasteiger partial charge >= 0.3 is 5.97 Å². The Hall–Kier alpha value is -2.41. The van der Waals surface area contributed by atoms with Gasteiger partial charge in [0, 0.05) is 45.7 Å². The zero-order chi connectivity index (χ0) is 20.8. The van der Waals surface area contributed by atoms with Gasteiger partial charge in [-0.3, -0.25) is 9.59 Å². The van der Waals surface area contributed by atoms with Crippen molar-refractivity contribution < 1.29 is 19.1 Å². The van der Waals surface area contributed by atoms with E-state index < -0.39 is 5.97 Å². The van der Waals surface area contributed by atoms with Crippen molar-refractivity contribution in [3.05, 3.63) is 35.4 Å². The SMILES string of the molecule is COC(=O)c1ccccc1C(=O)N1CCC[C@@H](CCC(=O)N2CCN(C)CC2)C1. The van der Waals surface area contributed by atoms with E-state index in [0.29, 0.717) is 36.6 Å². The minimum atomic E-state index is -0.500. The summed E-state index contributed by atoms with van der Waals surface area (Å²) in [6, 6.07) is 6.78. The molecule has 2 aliphatic heterocycles. The van der Waals surface area contributed by atoms with Crippen molar-refractivity contribution in [1.29, 1.82) is 0 Å². The molecular weight excluding hydrogens is 370 g/mol. The summed E-state index contributed by atoms with van der Waals surface area (Å²) >= 11 is 0. The molecule has 2 aliphatic rings. The van der Waals surface area contributed by atoms with Crippen molar-refractivity contribution in [3.63, 3.8) is 0 Å². The average Bonchev–Trinajstić information content (AvgIpc) is 2.77. The van der Waals surface area contributed by atoms with E-state index in [1.54, 1.807) is 24.3 Å². The molecule has 158 valence electrons. The Balaban J connectivity index is 1.56. The van der Waals surface area contributed by atoms with Crippen LogP contribution in [-0.2, 0) is 9.53 Å². The first-order valence-corrected chi connectivity index (χ1v) is 10.4. The molecule has 0 radical (unpaired) electrons. The Kier molecular flexibility index (Phi) is 7.25. The topological polar surface area (TPSA) is 70.2 Å². The van der Waals surface area contributed by atoms with Gasteiger partial charge in [0.1, 0.15) is 0 Å². The van der Waals surface area contributed by atoms with Gasteiger partial charge in [-0.15, -0.1) is 0 Å². The standard InChI is InChI=1S/C22H31N3O4/c1-23-12-14-24(15-13-23)20(26)10-9-17-6-5-11-25(16-17)21(27)18-7-3-4-8-19(18)22(28)29-2/h3-4,7-8,17H,5-6,9-16H2,1-2H3/t17-/m0/s1. The first-order valence-electron chi connectivity index (χ1n) is 10.4. The number of carbonyl (C=O) groups is 3. The van der Waals surface area contributed by atoms with Gasteiger partial charge in [0.2, 0.25) is 5.91 Å². The Bertz CT molecular complexity index is 743. The number of hydrogen-bond donors (Lipinski definition) is 0. The highest BCUT2D eigenvalue weighted by Crippen LogP contribution is 2.24. The molecule has 0 spiro atoms. The van der Waals surface area contributed by atoms with E-state index in [-0.39, 0.29) is 11.8 Å². The molecule has 0 unspecified atom stereocenters. The summed E-state index contributed by atoms with van der Waals surface area (Å²) in [7, 11) is 3.39. The number of piperazine rings is 1. The normalized spacial score (nSPS) is 20.4. The number of benzene rings is 1. The number of nitrogens with zero attached hydrogens (tertiary/aromatic N) is 3. The Morgan fingerprint density at radius 2 is 1.69 bits per heavy atom. The number of methoxy groups -OCH3 is 1. The second-order valence-corrected chi connectivity index (χ2v) is 8.02. The molecule has 7 nitrogen and oxygen atoms in total. The summed E-state index contributed by atoms with van der Waals surface area (Å²) in [5, 5.41) is 0. The molecule has 2 saturated heterocycles. The Morgan fingerprint density at radius 1 is 1.00 bits per heavy atom. The fourth-order valence-electron chi connectivity index (χ4n) is 4.15. The Morgan fingerprint density at radius 3 is 2.38 bits per heavy atom. The van der Waals surface area contributed by atoms with Crippen molar-refractivity contribution in [1.82, 2.24) is 14.7 Å². The van der Waals surface area contributed by atoms with Gasteiger partial charge in [-0.2, -0.15) is 0 Å². The van der Waals surface area contributed by atoms with Crippen molar-refractivity contribution in [2.75, 3.05) is 53.4 Å².